The first-order valence-corrected chi connectivity index (χ1v) is 13.0. The second-order valence-corrected chi connectivity index (χ2v) is 11.4. The Balaban J connectivity index is 1.54. The van der Waals surface area contributed by atoms with Crippen LogP contribution < -0.4 is 5.32 Å². The number of rotatable bonds is 8. The highest BCUT2D eigenvalue weighted by atomic mass is 35.5. The molecule has 4 rings (SSSR count). The van der Waals surface area contributed by atoms with Gasteiger partial charge in [-0.05, 0) is 60.5 Å². The molecule has 1 N–H and O–H groups in total. The van der Waals surface area contributed by atoms with E-state index in [0.717, 1.165) is 25.1 Å². The van der Waals surface area contributed by atoms with Gasteiger partial charge in [-0.1, -0.05) is 17.7 Å². The first-order valence-electron chi connectivity index (χ1n) is 11.8. The number of halogens is 9. The number of amides is 1. The summed E-state index contributed by atoms with van der Waals surface area (Å²) in [6, 6.07) is 7.56. The van der Waals surface area contributed by atoms with Gasteiger partial charge < -0.3 is 5.32 Å². The monoisotopic (exact) mass is 635 g/mol. The Kier molecular flexibility index (Phi) is 8.51. The van der Waals surface area contributed by atoms with Gasteiger partial charge in [0.25, 0.3) is 0 Å². The maximum absolute atomic E-state index is 14.8. The average molecular weight is 637 g/mol. The van der Waals surface area contributed by atoms with Crippen molar-refractivity contribution in [3.8, 4) is 0 Å². The van der Waals surface area contributed by atoms with Crippen LogP contribution in [0.15, 0.2) is 48.5 Å². The summed E-state index contributed by atoms with van der Waals surface area (Å²) in [5.74, 6) is -7.59. The van der Waals surface area contributed by atoms with Crippen LogP contribution in [0.1, 0.15) is 45.5 Å². The Morgan fingerprint density at radius 1 is 0.951 bits per heavy atom. The zero-order valence-corrected chi connectivity index (χ0v) is 23.1. The van der Waals surface area contributed by atoms with Crippen LogP contribution in [0.4, 0.5) is 32.0 Å². The zero-order chi connectivity index (χ0) is 30.4. The number of hydrogen-bond acceptors (Lipinski definition) is 3. The molecule has 0 bridgehead atoms. The highest BCUT2D eigenvalue weighted by Crippen LogP contribution is 2.65. The molecule has 1 amide bonds. The van der Waals surface area contributed by atoms with Crippen molar-refractivity contribution in [3.63, 3.8) is 0 Å². The lowest BCUT2D eigenvalue weighted by Crippen LogP contribution is -2.17. The lowest BCUT2D eigenvalue weighted by Gasteiger charge is -2.11. The SMILES string of the molecule is CC(=O)Cc1c(F)ccc(CC(=O)c2cc(NC(=O)[C@H]3[C@H](c4cc(F)cc(C(F)(F)F)c4)C3(Cl)Cl)ccc2Cl)c1F. The van der Waals surface area contributed by atoms with E-state index in [-0.39, 0.29) is 27.4 Å². The summed E-state index contributed by atoms with van der Waals surface area (Å²) in [5, 5.41) is 2.41. The number of nitrogens with one attached hydrogen (secondary N) is 1. The van der Waals surface area contributed by atoms with Crippen LogP contribution in [0.25, 0.3) is 0 Å². The van der Waals surface area contributed by atoms with Gasteiger partial charge in [-0.25, -0.2) is 13.2 Å². The fourth-order valence-electron chi connectivity index (χ4n) is 4.52. The van der Waals surface area contributed by atoms with E-state index in [1.807, 2.05) is 0 Å². The van der Waals surface area contributed by atoms with Crippen molar-refractivity contribution in [2.45, 2.75) is 36.2 Å². The molecule has 0 aliphatic heterocycles. The van der Waals surface area contributed by atoms with Crippen LogP contribution in [-0.2, 0) is 28.6 Å². The lowest BCUT2D eigenvalue weighted by molar-refractivity contribution is -0.137. The third-order valence-corrected chi connectivity index (χ3v) is 7.79. The normalized spacial score (nSPS) is 17.7. The van der Waals surface area contributed by atoms with E-state index in [0.29, 0.717) is 12.1 Å². The molecule has 2 atom stereocenters. The molecule has 0 radical (unpaired) electrons. The predicted molar refractivity (Wildman–Crippen MR) is 141 cm³/mol. The molecule has 0 unspecified atom stereocenters. The first-order chi connectivity index (χ1) is 19.0. The molecule has 3 aromatic carbocycles. The molecule has 0 heterocycles. The quantitative estimate of drug-likeness (QED) is 0.156. The van der Waals surface area contributed by atoms with Crippen molar-refractivity contribution in [1.29, 1.82) is 0 Å². The highest BCUT2D eigenvalue weighted by Gasteiger charge is 2.67. The average Bonchev–Trinajstić information content (AvgIpc) is 3.45. The Morgan fingerprint density at radius 3 is 2.27 bits per heavy atom. The minimum atomic E-state index is -4.84. The number of Topliss-reactive ketones (excluding diaryl/α,β-unsaturated/α-hetero) is 2. The van der Waals surface area contributed by atoms with Crippen LogP contribution in [0.2, 0.25) is 5.02 Å². The molecule has 1 aliphatic carbocycles. The summed E-state index contributed by atoms with van der Waals surface area (Å²) in [5.41, 5.74) is -2.24. The van der Waals surface area contributed by atoms with Crippen molar-refractivity contribution in [3.05, 3.63) is 98.8 Å². The largest absolute Gasteiger partial charge is 0.416 e. The molecular formula is C28H18Cl3F6NO3. The van der Waals surface area contributed by atoms with Gasteiger partial charge in [0.15, 0.2) is 5.78 Å². The van der Waals surface area contributed by atoms with Gasteiger partial charge in [-0.2, -0.15) is 13.2 Å². The van der Waals surface area contributed by atoms with E-state index in [4.69, 9.17) is 34.8 Å². The highest BCUT2D eigenvalue weighted by molar-refractivity contribution is 6.53. The summed E-state index contributed by atoms with van der Waals surface area (Å²) in [6.07, 6.45) is -5.89. The van der Waals surface area contributed by atoms with Gasteiger partial charge in [0, 0.05) is 35.6 Å². The zero-order valence-electron chi connectivity index (χ0n) is 20.8. The van der Waals surface area contributed by atoms with Crippen LogP contribution in [0.5, 0.6) is 0 Å². The third kappa shape index (κ3) is 6.55. The number of alkyl halides is 5. The molecule has 0 spiro atoms. The molecule has 1 aliphatic rings. The number of hydrogen-bond donors (Lipinski definition) is 1. The molecule has 216 valence electrons. The fraction of sp³-hybridized carbons (Fsp3) is 0.250. The molecule has 0 aromatic heterocycles. The van der Waals surface area contributed by atoms with E-state index in [1.165, 1.54) is 18.2 Å². The number of benzene rings is 3. The van der Waals surface area contributed by atoms with E-state index in [1.54, 1.807) is 0 Å². The van der Waals surface area contributed by atoms with Gasteiger partial charge >= 0.3 is 6.18 Å². The Labute approximate surface area is 244 Å². The number of anilines is 1. The molecule has 13 heteroatoms. The van der Waals surface area contributed by atoms with Crippen molar-refractivity contribution in [1.82, 2.24) is 0 Å². The number of ketones is 2. The second kappa shape index (κ2) is 11.3. The Hall–Kier alpha value is -3.08. The minimum absolute atomic E-state index is 0.0320. The molecule has 3 aromatic rings. The predicted octanol–water partition coefficient (Wildman–Crippen LogP) is 7.86. The molecule has 41 heavy (non-hydrogen) atoms. The fourth-order valence-corrected chi connectivity index (χ4v) is 5.57. The van der Waals surface area contributed by atoms with Crippen LogP contribution in [-0.4, -0.2) is 21.8 Å². The first kappa shape index (κ1) is 30.9. The van der Waals surface area contributed by atoms with Crippen molar-refractivity contribution < 1.29 is 40.7 Å². The Bertz CT molecular complexity index is 1570. The van der Waals surface area contributed by atoms with E-state index >= 15 is 0 Å². The van der Waals surface area contributed by atoms with Crippen molar-refractivity contribution >= 4 is 58.0 Å². The standard InChI is InChI=1S/C28H18Cl3F6NO3/c1-12(39)6-19-21(33)5-2-13(25(19)34)9-22(40)18-11-17(3-4-20(18)29)38-26(41)24-23(27(24,30)31)14-7-15(28(35,36)37)10-16(32)8-14/h2-5,7-8,10-11,23-24H,6,9H2,1H3,(H,38,41)/t23-,24+/m0/s1. The molecule has 1 fully saturated rings. The van der Waals surface area contributed by atoms with Gasteiger partial charge in [0.2, 0.25) is 5.91 Å². The van der Waals surface area contributed by atoms with Gasteiger partial charge in [-0.3, -0.25) is 14.4 Å². The van der Waals surface area contributed by atoms with Crippen LogP contribution >= 0.6 is 34.8 Å². The van der Waals surface area contributed by atoms with Crippen molar-refractivity contribution in [2.75, 3.05) is 5.32 Å². The van der Waals surface area contributed by atoms with E-state index in [9.17, 15) is 40.7 Å². The van der Waals surface area contributed by atoms with Crippen LogP contribution in [0, 0.1) is 23.4 Å². The number of carbonyl (C=O) groups is 3. The smallest absolute Gasteiger partial charge is 0.326 e. The van der Waals surface area contributed by atoms with Gasteiger partial charge in [-0.15, -0.1) is 23.2 Å². The van der Waals surface area contributed by atoms with Crippen LogP contribution in [0.3, 0.4) is 0 Å². The van der Waals surface area contributed by atoms with Gasteiger partial charge in [0.05, 0.1) is 16.5 Å². The number of carbonyl (C=O) groups excluding carboxylic acids is 3. The Morgan fingerprint density at radius 2 is 1.63 bits per heavy atom. The molecule has 4 nitrogen and oxygen atoms in total. The third-order valence-electron chi connectivity index (χ3n) is 6.52. The summed E-state index contributed by atoms with van der Waals surface area (Å²) in [4.78, 5) is 37.3. The van der Waals surface area contributed by atoms with E-state index in [2.05, 4.69) is 5.32 Å². The summed E-state index contributed by atoms with van der Waals surface area (Å²) in [7, 11) is 0. The van der Waals surface area contributed by atoms with E-state index < -0.39 is 81.2 Å². The lowest BCUT2D eigenvalue weighted by atomic mass is 9.98. The summed E-state index contributed by atoms with van der Waals surface area (Å²) >= 11 is 18.5. The maximum Gasteiger partial charge on any atom is 0.416 e. The molecule has 1 saturated carbocycles. The minimum Gasteiger partial charge on any atom is -0.326 e. The van der Waals surface area contributed by atoms with Crippen molar-refractivity contribution in [2.24, 2.45) is 5.92 Å². The molecule has 0 saturated heterocycles. The maximum atomic E-state index is 14.8. The summed E-state index contributed by atoms with van der Waals surface area (Å²) < 4.78 is 80.4. The second-order valence-electron chi connectivity index (χ2n) is 9.56. The summed E-state index contributed by atoms with van der Waals surface area (Å²) in [6.45, 7) is 1.16. The molecular weight excluding hydrogens is 619 g/mol. The topological polar surface area (TPSA) is 63.2 Å². The van der Waals surface area contributed by atoms with Gasteiger partial charge in [0.1, 0.15) is 27.6 Å².